The highest BCUT2D eigenvalue weighted by atomic mass is 35.5. The van der Waals surface area contributed by atoms with Crippen LogP contribution in [0.4, 0.5) is 10.2 Å². The van der Waals surface area contributed by atoms with Gasteiger partial charge in [0.1, 0.15) is 47.4 Å². The monoisotopic (exact) mass is 503 g/mol. The molecule has 1 heterocycles. The van der Waals surface area contributed by atoms with E-state index in [1.165, 1.54) is 22.9 Å². The van der Waals surface area contributed by atoms with Crippen LogP contribution < -0.4 is 10.5 Å². The van der Waals surface area contributed by atoms with Crippen molar-refractivity contribution in [2.24, 2.45) is 0 Å². The van der Waals surface area contributed by atoms with Gasteiger partial charge in [-0.1, -0.05) is 47.5 Å². The first-order valence-electron chi connectivity index (χ1n) is 10.2. The van der Waals surface area contributed by atoms with Gasteiger partial charge in [-0.05, 0) is 48.5 Å². The Morgan fingerprint density at radius 1 is 1.09 bits per heavy atom. The summed E-state index contributed by atoms with van der Waals surface area (Å²) in [4.78, 5) is 0. The first kappa shape index (κ1) is 23.8. The maximum absolute atomic E-state index is 14.2. The number of benzene rings is 3. The number of hydrogen-bond acceptors (Lipinski definition) is 5. The molecule has 172 valence electrons. The molecule has 2 N–H and O–H groups in total. The van der Waals surface area contributed by atoms with Crippen molar-refractivity contribution in [2.75, 3.05) is 5.73 Å². The van der Waals surface area contributed by atoms with Crippen LogP contribution in [0.25, 0.3) is 17.3 Å². The fourth-order valence-electron chi connectivity index (χ4n) is 3.39. The summed E-state index contributed by atoms with van der Waals surface area (Å²) in [6.07, 6.45) is 1.49. The Hall–Kier alpha value is -4.30. The second kappa shape index (κ2) is 10.3. The Bertz CT molecular complexity index is 1500. The van der Waals surface area contributed by atoms with Crippen LogP contribution in [0.1, 0.15) is 22.4 Å². The number of hydrogen-bond donors (Lipinski definition) is 1. The van der Waals surface area contributed by atoms with Crippen molar-refractivity contribution >= 4 is 40.7 Å². The van der Waals surface area contributed by atoms with Crippen LogP contribution in [-0.4, -0.2) is 9.78 Å². The minimum atomic E-state index is -0.498. The molecule has 6 nitrogen and oxygen atoms in total. The van der Waals surface area contributed by atoms with Crippen LogP contribution in [0.2, 0.25) is 10.0 Å². The molecule has 9 heteroatoms. The summed E-state index contributed by atoms with van der Waals surface area (Å²) in [5.41, 5.74) is 7.67. The van der Waals surface area contributed by atoms with Gasteiger partial charge >= 0.3 is 0 Å². The standard InChI is InChI=1S/C26H16Cl2FN5O/c27-18-9-10-24(35-15-21-22(28)7-4-8-23(21)29)16(12-18)11-17(13-30)25-20(14-31)26(32)34(33-25)19-5-2-1-3-6-19/h1-12H,15,32H2. The van der Waals surface area contributed by atoms with Crippen LogP contribution >= 0.6 is 23.2 Å². The van der Waals surface area contributed by atoms with E-state index in [-0.39, 0.29) is 39.8 Å². The number of halogens is 3. The topological polar surface area (TPSA) is 101 Å². The van der Waals surface area contributed by atoms with Gasteiger partial charge in [0.05, 0.1) is 16.3 Å². The fourth-order valence-corrected chi connectivity index (χ4v) is 3.79. The van der Waals surface area contributed by atoms with E-state index in [2.05, 4.69) is 11.2 Å². The quantitative estimate of drug-likeness (QED) is 0.306. The molecular formula is C26H16Cl2FN5O. The molecular weight excluding hydrogens is 488 g/mol. The van der Waals surface area contributed by atoms with Crippen molar-refractivity contribution in [2.45, 2.75) is 6.61 Å². The molecule has 0 aliphatic heterocycles. The van der Waals surface area contributed by atoms with E-state index in [1.807, 2.05) is 12.1 Å². The average molecular weight is 504 g/mol. The largest absolute Gasteiger partial charge is 0.488 e. The number of nitrogen functional groups attached to an aromatic ring is 1. The van der Waals surface area contributed by atoms with Gasteiger partial charge in [-0.15, -0.1) is 0 Å². The first-order chi connectivity index (χ1) is 16.9. The lowest BCUT2D eigenvalue weighted by Crippen LogP contribution is -2.02. The van der Waals surface area contributed by atoms with Crippen molar-refractivity contribution in [1.82, 2.24) is 9.78 Å². The average Bonchev–Trinajstić information content (AvgIpc) is 3.19. The zero-order chi connectivity index (χ0) is 24.9. The molecule has 0 radical (unpaired) electrons. The molecule has 3 aromatic carbocycles. The van der Waals surface area contributed by atoms with Crippen molar-refractivity contribution in [3.05, 3.63) is 105 Å². The summed E-state index contributed by atoms with van der Waals surface area (Å²) < 4.78 is 21.4. The van der Waals surface area contributed by atoms with Crippen LogP contribution in [0.15, 0.2) is 66.7 Å². The summed E-state index contributed by atoms with van der Waals surface area (Å²) >= 11 is 12.3. The third kappa shape index (κ3) is 4.97. The van der Waals surface area contributed by atoms with Crippen LogP contribution in [0, 0.1) is 28.5 Å². The highest BCUT2D eigenvalue weighted by molar-refractivity contribution is 6.31. The van der Waals surface area contributed by atoms with Crippen molar-refractivity contribution in [1.29, 1.82) is 10.5 Å². The summed E-state index contributed by atoms with van der Waals surface area (Å²) in [6.45, 7) is -0.144. The highest BCUT2D eigenvalue weighted by Crippen LogP contribution is 2.31. The number of nitrogens with zero attached hydrogens (tertiary/aromatic N) is 4. The van der Waals surface area contributed by atoms with Gasteiger partial charge in [-0.2, -0.15) is 15.6 Å². The molecule has 0 fully saturated rings. The van der Waals surface area contributed by atoms with Gasteiger partial charge in [0.15, 0.2) is 0 Å². The lowest BCUT2D eigenvalue weighted by molar-refractivity contribution is 0.299. The van der Waals surface area contributed by atoms with Crippen molar-refractivity contribution in [3.63, 3.8) is 0 Å². The molecule has 4 aromatic rings. The molecule has 0 aliphatic carbocycles. The maximum Gasteiger partial charge on any atom is 0.145 e. The number of anilines is 1. The summed E-state index contributed by atoms with van der Waals surface area (Å²) in [5.74, 6) is -0.0658. The minimum Gasteiger partial charge on any atom is -0.488 e. The summed E-state index contributed by atoms with van der Waals surface area (Å²) in [7, 11) is 0. The Labute approximate surface area is 210 Å². The zero-order valence-corrected chi connectivity index (χ0v) is 19.6. The minimum absolute atomic E-state index is 0.0595. The van der Waals surface area contributed by atoms with Gasteiger partial charge in [0.2, 0.25) is 0 Å². The molecule has 0 amide bonds. The lowest BCUT2D eigenvalue weighted by Gasteiger charge is -2.12. The van der Waals surface area contributed by atoms with Gasteiger partial charge in [-0.25, -0.2) is 9.07 Å². The molecule has 0 spiro atoms. The molecule has 0 atom stereocenters. The molecule has 4 rings (SSSR count). The van der Waals surface area contributed by atoms with Crippen LogP contribution in [0.3, 0.4) is 0 Å². The summed E-state index contributed by atoms with van der Waals surface area (Å²) in [5, 5.41) is 24.7. The number of nitrogens with two attached hydrogens (primary N) is 1. The van der Waals surface area contributed by atoms with E-state index in [0.29, 0.717) is 22.0 Å². The number of rotatable bonds is 6. The van der Waals surface area contributed by atoms with Crippen molar-refractivity contribution < 1.29 is 9.13 Å². The molecule has 0 saturated heterocycles. The summed E-state index contributed by atoms with van der Waals surface area (Å²) in [6, 6.07) is 22.2. The predicted octanol–water partition coefficient (Wildman–Crippen LogP) is 6.42. The molecule has 0 unspecified atom stereocenters. The Balaban J connectivity index is 1.76. The van der Waals surface area contributed by atoms with Gasteiger partial charge in [0.25, 0.3) is 0 Å². The number of allylic oxidation sites excluding steroid dienone is 1. The second-order valence-corrected chi connectivity index (χ2v) is 8.15. The van der Waals surface area contributed by atoms with E-state index in [1.54, 1.807) is 48.5 Å². The van der Waals surface area contributed by atoms with Crippen LogP contribution in [0.5, 0.6) is 5.75 Å². The maximum atomic E-state index is 14.2. The number of para-hydroxylation sites is 1. The fraction of sp³-hybridized carbons (Fsp3) is 0.0385. The van der Waals surface area contributed by atoms with E-state index in [0.717, 1.165) is 0 Å². The smallest absolute Gasteiger partial charge is 0.145 e. The zero-order valence-electron chi connectivity index (χ0n) is 18.0. The van der Waals surface area contributed by atoms with Crippen molar-refractivity contribution in [3.8, 4) is 23.6 Å². The molecule has 0 saturated carbocycles. The Morgan fingerprint density at radius 3 is 2.54 bits per heavy atom. The SMILES string of the molecule is N#CC(=Cc1cc(Cl)ccc1OCc1c(F)cccc1Cl)c1nn(-c2ccccc2)c(N)c1C#N. The van der Waals surface area contributed by atoms with E-state index >= 15 is 0 Å². The second-order valence-electron chi connectivity index (χ2n) is 7.31. The third-order valence-corrected chi connectivity index (χ3v) is 5.70. The predicted molar refractivity (Wildman–Crippen MR) is 133 cm³/mol. The first-order valence-corrected chi connectivity index (χ1v) is 11.0. The third-order valence-electron chi connectivity index (χ3n) is 5.11. The van der Waals surface area contributed by atoms with Crippen LogP contribution in [-0.2, 0) is 6.61 Å². The highest BCUT2D eigenvalue weighted by Gasteiger charge is 2.20. The lowest BCUT2D eigenvalue weighted by atomic mass is 10.1. The van der Waals surface area contributed by atoms with Gasteiger partial charge in [-0.3, -0.25) is 0 Å². The molecule has 0 aliphatic rings. The number of nitriles is 2. The van der Waals surface area contributed by atoms with E-state index in [4.69, 9.17) is 33.7 Å². The van der Waals surface area contributed by atoms with E-state index < -0.39 is 5.82 Å². The normalized spacial score (nSPS) is 11.1. The van der Waals surface area contributed by atoms with Gasteiger partial charge < -0.3 is 10.5 Å². The van der Waals surface area contributed by atoms with E-state index in [9.17, 15) is 14.9 Å². The number of aromatic nitrogens is 2. The molecule has 35 heavy (non-hydrogen) atoms. The number of ether oxygens (including phenoxy) is 1. The van der Waals surface area contributed by atoms with Gasteiger partial charge in [0, 0.05) is 16.1 Å². The Kier molecular flexibility index (Phi) is 7.03. The molecule has 1 aromatic heterocycles. The Morgan fingerprint density at radius 2 is 1.86 bits per heavy atom. The molecule has 0 bridgehead atoms.